The first-order valence-corrected chi connectivity index (χ1v) is 11.6. The number of aromatic amines is 1. The first kappa shape index (κ1) is 23.9. The summed E-state index contributed by atoms with van der Waals surface area (Å²) >= 11 is 0. The van der Waals surface area contributed by atoms with Crippen molar-refractivity contribution in [1.82, 2.24) is 31.2 Å². The van der Waals surface area contributed by atoms with Gasteiger partial charge in [-0.1, -0.05) is 51.0 Å². The Morgan fingerprint density at radius 3 is 2.91 bits per heavy atom. The lowest BCUT2D eigenvalue weighted by Crippen LogP contribution is -2.55. The van der Waals surface area contributed by atoms with Gasteiger partial charge in [0.2, 0.25) is 12.3 Å². The molecule has 8 nitrogen and oxygen atoms in total. The number of aromatic nitrogens is 2. The Morgan fingerprint density at radius 2 is 2.19 bits per heavy atom. The topological polar surface area (TPSA) is 111 Å². The Balaban J connectivity index is 1.73. The summed E-state index contributed by atoms with van der Waals surface area (Å²) in [5.74, 6) is -0.0380. The van der Waals surface area contributed by atoms with E-state index in [0.717, 1.165) is 37.9 Å². The highest BCUT2D eigenvalue weighted by molar-refractivity contribution is 5.83. The Kier molecular flexibility index (Phi) is 8.81. The number of benzene rings is 1. The van der Waals surface area contributed by atoms with Crippen LogP contribution < -0.4 is 21.3 Å². The zero-order valence-corrected chi connectivity index (χ0v) is 19.1. The van der Waals surface area contributed by atoms with Crippen molar-refractivity contribution in [2.24, 2.45) is 5.41 Å². The third-order valence-corrected chi connectivity index (χ3v) is 6.47. The number of nitrogens with one attached hydrogen (secondary N) is 5. The molecule has 8 heteroatoms. The first-order valence-electron chi connectivity index (χ1n) is 11.6. The first-order chi connectivity index (χ1) is 15.6. The molecular formula is C24H36N6O2. The molecular weight excluding hydrogens is 404 g/mol. The van der Waals surface area contributed by atoms with E-state index in [1.165, 1.54) is 11.1 Å². The molecule has 5 N–H and O–H groups in total. The fourth-order valence-corrected chi connectivity index (χ4v) is 4.41. The smallest absolute Gasteiger partial charge is 0.229 e. The van der Waals surface area contributed by atoms with Crippen LogP contribution in [0.1, 0.15) is 62.5 Å². The summed E-state index contributed by atoms with van der Waals surface area (Å²) in [5, 5.41) is 13.0. The van der Waals surface area contributed by atoms with Crippen LogP contribution in [0.5, 0.6) is 0 Å². The third-order valence-electron chi connectivity index (χ3n) is 6.47. The molecule has 32 heavy (non-hydrogen) atoms. The molecule has 1 aromatic carbocycles. The fraction of sp³-hybridized carbons (Fsp3) is 0.542. The maximum absolute atomic E-state index is 13.6. The number of amides is 2. The maximum Gasteiger partial charge on any atom is 0.229 e. The van der Waals surface area contributed by atoms with Crippen LogP contribution in [0.2, 0.25) is 0 Å². The minimum Gasteiger partial charge on any atom is -0.348 e. The summed E-state index contributed by atoms with van der Waals surface area (Å²) in [6.45, 7) is 5.67. The standard InChI is InChI=1S/C24H36N6O2/c1-3-5-11-24(4-2,15-27-22-20-9-7-6-8-18(20)10-12-26-22)23(32)30-21(29-17-31)13-19-14-25-16-28-19/h6-9,14,16-17,21-22,26-27H,3-5,10-13,15H2,1-2H3,(H,25,28)(H,29,31)(H,30,32). The number of carbonyl (C=O) groups excluding carboxylic acids is 2. The fourth-order valence-electron chi connectivity index (χ4n) is 4.41. The van der Waals surface area contributed by atoms with Crippen LogP contribution in [0.15, 0.2) is 36.8 Å². The number of nitrogens with zero attached hydrogens (tertiary/aromatic N) is 1. The van der Waals surface area contributed by atoms with Gasteiger partial charge in [0.25, 0.3) is 0 Å². The molecule has 174 valence electrons. The summed E-state index contributed by atoms with van der Waals surface area (Å²) in [4.78, 5) is 31.8. The minimum absolute atomic E-state index is 0.0224. The van der Waals surface area contributed by atoms with E-state index in [4.69, 9.17) is 0 Å². The van der Waals surface area contributed by atoms with Crippen molar-refractivity contribution in [3.63, 3.8) is 0 Å². The van der Waals surface area contributed by atoms with Gasteiger partial charge in [-0.15, -0.1) is 0 Å². The lowest BCUT2D eigenvalue weighted by Gasteiger charge is -2.36. The van der Waals surface area contributed by atoms with Crippen LogP contribution in [0.4, 0.5) is 0 Å². The number of hydrogen-bond acceptors (Lipinski definition) is 5. The van der Waals surface area contributed by atoms with E-state index in [2.05, 4.69) is 69.3 Å². The number of hydrogen-bond donors (Lipinski definition) is 5. The highest BCUT2D eigenvalue weighted by Gasteiger charge is 2.38. The Bertz CT molecular complexity index is 856. The van der Waals surface area contributed by atoms with Crippen molar-refractivity contribution in [2.45, 2.75) is 64.7 Å². The molecule has 0 bridgehead atoms. The summed E-state index contributed by atoms with van der Waals surface area (Å²) in [5.41, 5.74) is 2.88. The van der Waals surface area contributed by atoms with Gasteiger partial charge in [-0.2, -0.15) is 0 Å². The van der Waals surface area contributed by atoms with E-state index in [1.54, 1.807) is 12.5 Å². The van der Waals surface area contributed by atoms with Crippen LogP contribution in [-0.4, -0.2) is 41.5 Å². The lowest BCUT2D eigenvalue weighted by molar-refractivity contribution is -0.133. The van der Waals surface area contributed by atoms with E-state index in [9.17, 15) is 9.59 Å². The molecule has 3 atom stereocenters. The van der Waals surface area contributed by atoms with Gasteiger partial charge in [0.15, 0.2) is 0 Å². The van der Waals surface area contributed by atoms with Crippen LogP contribution in [0, 0.1) is 5.41 Å². The second-order valence-corrected chi connectivity index (χ2v) is 8.55. The molecule has 0 aliphatic carbocycles. The second kappa shape index (κ2) is 11.8. The molecule has 0 saturated heterocycles. The summed E-state index contributed by atoms with van der Waals surface area (Å²) in [7, 11) is 0. The molecule has 1 aliphatic rings. The Labute approximate surface area is 190 Å². The zero-order valence-electron chi connectivity index (χ0n) is 19.1. The molecule has 2 heterocycles. The summed E-state index contributed by atoms with van der Waals surface area (Å²) in [6.07, 6.45) is 8.36. The molecule has 2 aromatic rings. The van der Waals surface area contributed by atoms with Crippen LogP contribution in [0.3, 0.4) is 0 Å². The molecule has 1 aromatic heterocycles. The van der Waals surface area contributed by atoms with Crippen LogP contribution >= 0.6 is 0 Å². The summed E-state index contributed by atoms with van der Waals surface area (Å²) in [6, 6.07) is 8.45. The average molecular weight is 441 g/mol. The second-order valence-electron chi connectivity index (χ2n) is 8.55. The lowest BCUT2D eigenvalue weighted by atomic mass is 9.78. The largest absolute Gasteiger partial charge is 0.348 e. The predicted octanol–water partition coefficient (Wildman–Crippen LogP) is 2.16. The van der Waals surface area contributed by atoms with Gasteiger partial charge in [-0.05, 0) is 30.4 Å². The number of H-pyrrole nitrogens is 1. The highest BCUT2D eigenvalue weighted by Crippen LogP contribution is 2.30. The van der Waals surface area contributed by atoms with Gasteiger partial charge in [0, 0.05) is 31.4 Å². The molecule has 3 unspecified atom stereocenters. The van der Waals surface area contributed by atoms with Crippen molar-refractivity contribution in [1.29, 1.82) is 0 Å². The molecule has 1 aliphatic heterocycles. The van der Waals surface area contributed by atoms with E-state index in [-0.39, 0.29) is 12.1 Å². The predicted molar refractivity (Wildman–Crippen MR) is 125 cm³/mol. The van der Waals surface area contributed by atoms with Crippen molar-refractivity contribution in [2.75, 3.05) is 13.1 Å². The maximum atomic E-state index is 13.6. The van der Waals surface area contributed by atoms with Crippen LogP contribution in [-0.2, 0) is 22.4 Å². The van der Waals surface area contributed by atoms with E-state index in [0.29, 0.717) is 25.8 Å². The van der Waals surface area contributed by atoms with Gasteiger partial charge in [-0.25, -0.2) is 4.98 Å². The number of carbonyl (C=O) groups is 2. The Morgan fingerprint density at radius 1 is 1.34 bits per heavy atom. The third kappa shape index (κ3) is 5.95. The normalized spacial score (nSPS) is 18.2. The molecule has 0 radical (unpaired) electrons. The Hall–Kier alpha value is -2.71. The van der Waals surface area contributed by atoms with Crippen molar-refractivity contribution >= 4 is 12.3 Å². The highest BCUT2D eigenvalue weighted by atomic mass is 16.2. The average Bonchev–Trinajstić information content (AvgIpc) is 3.32. The van der Waals surface area contributed by atoms with Gasteiger partial charge < -0.3 is 15.6 Å². The minimum atomic E-state index is -0.569. The van der Waals surface area contributed by atoms with Crippen molar-refractivity contribution in [3.8, 4) is 0 Å². The SMILES string of the molecule is CCCCC(CC)(CNC1NCCc2ccccc21)C(=O)NC(Cc1cnc[nH]1)NC=O. The number of unbranched alkanes of at least 4 members (excludes halogenated alkanes) is 1. The van der Waals surface area contributed by atoms with E-state index >= 15 is 0 Å². The van der Waals surface area contributed by atoms with Gasteiger partial charge >= 0.3 is 0 Å². The van der Waals surface area contributed by atoms with Crippen molar-refractivity contribution in [3.05, 3.63) is 53.6 Å². The molecule has 2 amide bonds. The molecule has 0 saturated carbocycles. The monoisotopic (exact) mass is 440 g/mol. The van der Waals surface area contributed by atoms with Gasteiger partial charge in [0.05, 0.1) is 17.9 Å². The number of fused-ring (bicyclic) bond motifs is 1. The number of rotatable bonds is 13. The van der Waals surface area contributed by atoms with E-state index < -0.39 is 11.6 Å². The van der Waals surface area contributed by atoms with Gasteiger partial charge in [-0.3, -0.25) is 20.2 Å². The molecule has 0 spiro atoms. The van der Waals surface area contributed by atoms with E-state index in [1.807, 2.05) is 0 Å². The zero-order chi connectivity index (χ0) is 22.8. The van der Waals surface area contributed by atoms with Crippen molar-refractivity contribution < 1.29 is 9.59 Å². The van der Waals surface area contributed by atoms with Gasteiger partial charge in [0.1, 0.15) is 6.17 Å². The molecule has 3 rings (SSSR count). The summed E-state index contributed by atoms with van der Waals surface area (Å²) < 4.78 is 0. The van der Waals surface area contributed by atoms with Crippen LogP contribution in [0.25, 0.3) is 0 Å². The number of imidazole rings is 1. The quantitative estimate of drug-likeness (QED) is 0.242. The molecule has 0 fully saturated rings.